The van der Waals surface area contributed by atoms with Gasteiger partial charge in [-0.2, -0.15) is 4.68 Å². The lowest BCUT2D eigenvalue weighted by molar-refractivity contribution is 0.474. The topological polar surface area (TPSA) is 55.6 Å². The Labute approximate surface area is 136 Å². The van der Waals surface area contributed by atoms with E-state index >= 15 is 0 Å². The van der Waals surface area contributed by atoms with Gasteiger partial charge in [0.15, 0.2) is 5.82 Å². The van der Waals surface area contributed by atoms with Crippen LogP contribution in [-0.4, -0.2) is 20.2 Å². The van der Waals surface area contributed by atoms with E-state index in [1.807, 2.05) is 42.5 Å². The molecule has 5 nitrogen and oxygen atoms in total. The SMILES string of the molecule is CCC(C)(Nc1ccccc1)c1nnnn1-c1ccc(C)cc1. The van der Waals surface area contributed by atoms with Gasteiger partial charge in [-0.25, -0.2) is 0 Å². The standard InChI is InChI=1S/C18H21N5/c1-4-18(3,19-15-8-6-5-7-9-15)17-20-21-22-23(17)16-12-10-14(2)11-13-16/h5-13,19H,4H2,1-3H3. The molecule has 0 saturated carbocycles. The van der Waals surface area contributed by atoms with Crippen LogP contribution >= 0.6 is 0 Å². The number of aromatic nitrogens is 4. The van der Waals surface area contributed by atoms with Crippen LogP contribution in [0.4, 0.5) is 5.69 Å². The van der Waals surface area contributed by atoms with E-state index in [-0.39, 0.29) is 5.54 Å². The van der Waals surface area contributed by atoms with Crippen LogP contribution in [0.3, 0.4) is 0 Å². The molecule has 1 unspecified atom stereocenters. The summed E-state index contributed by atoms with van der Waals surface area (Å²) < 4.78 is 1.80. The zero-order valence-electron chi connectivity index (χ0n) is 13.7. The highest BCUT2D eigenvalue weighted by Gasteiger charge is 2.31. The van der Waals surface area contributed by atoms with E-state index in [1.165, 1.54) is 5.56 Å². The first-order valence-corrected chi connectivity index (χ1v) is 7.81. The molecular weight excluding hydrogens is 286 g/mol. The van der Waals surface area contributed by atoms with Crippen molar-refractivity contribution in [1.29, 1.82) is 0 Å². The van der Waals surface area contributed by atoms with Crippen LogP contribution in [0.5, 0.6) is 0 Å². The summed E-state index contributed by atoms with van der Waals surface area (Å²) in [5.41, 5.74) is 2.86. The van der Waals surface area contributed by atoms with Gasteiger partial charge in [-0.05, 0) is 55.0 Å². The molecule has 2 aromatic carbocycles. The van der Waals surface area contributed by atoms with Gasteiger partial charge < -0.3 is 5.32 Å². The summed E-state index contributed by atoms with van der Waals surface area (Å²) in [7, 11) is 0. The number of nitrogens with zero attached hydrogens (tertiary/aromatic N) is 4. The molecule has 23 heavy (non-hydrogen) atoms. The molecule has 3 aromatic rings. The highest BCUT2D eigenvalue weighted by molar-refractivity contribution is 5.46. The van der Waals surface area contributed by atoms with Gasteiger partial charge in [0.1, 0.15) is 0 Å². The van der Waals surface area contributed by atoms with Gasteiger partial charge in [-0.3, -0.25) is 0 Å². The summed E-state index contributed by atoms with van der Waals surface area (Å²) in [6.45, 7) is 6.32. The minimum atomic E-state index is -0.365. The lowest BCUT2D eigenvalue weighted by Crippen LogP contribution is -2.34. The molecule has 0 saturated heterocycles. The van der Waals surface area contributed by atoms with Crippen molar-refractivity contribution in [2.75, 3.05) is 5.32 Å². The maximum Gasteiger partial charge on any atom is 0.181 e. The van der Waals surface area contributed by atoms with Gasteiger partial charge in [-0.1, -0.05) is 42.8 Å². The smallest absolute Gasteiger partial charge is 0.181 e. The molecular formula is C18H21N5. The molecule has 0 fully saturated rings. The molecule has 0 bridgehead atoms. The number of para-hydroxylation sites is 1. The van der Waals surface area contributed by atoms with Crippen molar-refractivity contribution in [2.45, 2.75) is 32.7 Å². The van der Waals surface area contributed by atoms with Gasteiger partial charge in [0.05, 0.1) is 11.2 Å². The number of hydrogen-bond donors (Lipinski definition) is 1. The third-order valence-electron chi connectivity index (χ3n) is 4.14. The van der Waals surface area contributed by atoms with E-state index in [0.717, 1.165) is 23.6 Å². The number of nitrogens with one attached hydrogen (secondary N) is 1. The van der Waals surface area contributed by atoms with Crippen molar-refractivity contribution in [3.05, 3.63) is 66.0 Å². The molecule has 1 N–H and O–H groups in total. The van der Waals surface area contributed by atoms with Crippen molar-refractivity contribution in [3.8, 4) is 5.69 Å². The van der Waals surface area contributed by atoms with Crippen LogP contribution in [0.15, 0.2) is 54.6 Å². The van der Waals surface area contributed by atoms with Crippen molar-refractivity contribution in [1.82, 2.24) is 20.2 Å². The first-order valence-electron chi connectivity index (χ1n) is 7.81. The van der Waals surface area contributed by atoms with Gasteiger partial charge in [0.25, 0.3) is 0 Å². The zero-order chi connectivity index (χ0) is 16.3. The Hall–Kier alpha value is -2.69. The number of anilines is 1. The van der Waals surface area contributed by atoms with E-state index in [4.69, 9.17) is 0 Å². The van der Waals surface area contributed by atoms with E-state index < -0.39 is 0 Å². The van der Waals surface area contributed by atoms with Crippen LogP contribution in [0.2, 0.25) is 0 Å². The van der Waals surface area contributed by atoms with Crippen LogP contribution in [0.25, 0.3) is 5.69 Å². The fourth-order valence-electron chi connectivity index (χ4n) is 2.53. The number of rotatable bonds is 5. The van der Waals surface area contributed by atoms with Gasteiger partial charge >= 0.3 is 0 Å². The Morgan fingerprint density at radius 3 is 2.39 bits per heavy atom. The molecule has 3 rings (SSSR count). The third-order valence-corrected chi connectivity index (χ3v) is 4.14. The number of hydrogen-bond acceptors (Lipinski definition) is 4. The van der Waals surface area contributed by atoms with Crippen molar-refractivity contribution < 1.29 is 0 Å². The summed E-state index contributed by atoms with van der Waals surface area (Å²) in [4.78, 5) is 0. The second kappa shape index (κ2) is 6.20. The van der Waals surface area contributed by atoms with Crippen LogP contribution in [0.1, 0.15) is 31.7 Å². The summed E-state index contributed by atoms with van der Waals surface area (Å²) in [6, 6.07) is 18.3. The quantitative estimate of drug-likeness (QED) is 0.780. The lowest BCUT2D eigenvalue weighted by atomic mass is 9.97. The van der Waals surface area contributed by atoms with Crippen LogP contribution < -0.4 is 5.32 Å². The largest absolute Gasteiger partial charge is 0.373 e. The highest BCUT2D eigenvalue weighted by Crippen LogP contribution is 2.28. The van der Waals surface area contributed by atoms with Crippen molar-refractivity contribution >= 4 is 5.69 Å². The average molecular weight is 307 g/mol. The summed E-state index contributed by atoms with van der Waals surface area (Å²) in [5.74, 6) is 0.799. The predicted octanol–water partition coefficient (Wildman–Crippen LogP) is 3.71. The van der Waals surface area contributed by atoms with Gasteiger partial charge in [0, 0.05) is 5.69 Å². The molecule has 0 amide bonds. The third kappa shape index (κ3) is 3.08. The number of benzene rings is 2. The molecule has 1 heterocycles. The van der Waals surface area contributed by atoms with Gasteiger partial charge in [-0.15, -0.1) is 5.10 Å². The molecule has 0 radical (unpaired) electrons. The number of tetrazole rings is 1. The Kier molecular flexibility index (Phi) is 4.10. The fourth-order valence-corrected chi connectivity index (χ4v) is 2.53. The Morgan fingerprint density at radius 2 is 1.74 bits per heavy atom. The Bertz CT molecular complexity index is 764. The van der Waals surface area contributed by atoms with E-state index in [2.05, 4.69) is 53.7 Å². The molecule has 5 heteroatoms. The van der Waals surface area contributed by atoms with E-state index in [9.17, 15) is 0 Å². The van der Waals surface area contributed by atoms with Crippen molar-refractivity contribution in [3.63, 3.8) is 0 Å². The summed E-state index contributed by atoms with van der Waals surface area (Å²) >= 11 is 0. The fraction of sp³-hybridized carbons (Fsp3) is 0.278. The van der Waals surface area contributed by atoms with E-state index in [1.54, 1.807) is 4.68 Å². The second-order valence-corrected chi connectivity index (χ2v) is 5.93. The van der Waals surface area contributed by atoms with Gasteiger partial charge in [0.2, 0.25) is 0 Å². The zero-order valence-corrected chi connectivity index (χ0v) is 13.7. The lowest BCUT2D eigenvalue weighted by Gasteiger charge is -2.29. The predicted molar refractivity (Wildman–Crippen MR) is 91.6 cm³/mol. The molecule has 0 spiro atoms. The molecule has 118 valence electrons. The highest BCUT2D eigenvalue weighted by atomic mass is 15.6. The molecule has 1 atom stereocenters. The maximum atomic E-state index is 4.29. The second-order valence-electron chi connectivity index (χ2n) is 5.93. The molecule has 1 aromatic heterocycles. The minimum Gasteiger partial charge on any atom is -0.373 e. The molecule has 0 aliphatic rings. The monoisotopic (exact) mass is 307 g/mol. The van der Waals surface area contributed by atoms with Crippen LogP contribution in [0, 0.1) is 6.92 Å². The Balaban J connectivity index is 1.99. The van der Waals surface area contributed by atoms with Crippen LogP contribution in [-0.2, 0) is 5.54 Å². The number of aryl methyl sites for hydroxylation is 1. The summed E-state index contributed by atoms with van der Waals surface area (Å²) in [6.07, 6.45) is 0.855. The first kappa shape index (κ1) is 15.2. The molecule has 0 aliphatic carbocycles. The molecule has 0 aliphatic heterocycles. The average Bonchev–Trinajstić information content (AvgIpc) is 3.07. The van der Waals surface area contributed by atoms with E-state index in [0.29, 0.717) is 0 Å². The minimum absolute atomic E-state index is 0.365. The Morgan fingerprint density at radius 1 is 1.04 bits per heavy atom. The normalized spacial score (nSPS) is 13.5. The first-order chi connectivity index (χ1) is 11.1. The van der Waals surface area contributed by atoms with Crippen molar-refractivity contribution in [2.24, 2.45) is 0 Å². The summed E-state index contributed by atoms with van der Waals surface area (Å²) in [5, 5.41) is 15.9. The maximum absolute atomic E-state index is 4.29.